The average Bonchev–Trinajstić information content (AvgIpc) is 3.07. The lowest BCUT2D eigenvalue weighted by Crippen LogP contribution is -2.10. The van der Waals surface area contributed by atoms with Gasteiger partial charge in [0.2, 0.25) is 0 Å². The van der Waals surface area contributed by atoms with Crippen molar-refractivity contribution >= 4 is 37.8 Å². The summed E-state index contributed by atoms with van der Waals surface area (Å²) in [4.78, 5) is 11.1. The fourth-order valence-electron chi connectivity index (χ4n) is 2.85. The summed E-state index contributed by atoms with van der Waals surface area (Å²) in [6.45, 7) is 0. The summed E-state index contributed by atoms with van der Waals surface area (Å²) in [5.74, 6) is 6.15. The number of carbonyl (C=O) groups excluding carboxylic acids is 1. The highest BCUT2D eigenvalue weighted by atomic mass is 79.9. The monoisotopic (exact) mass is 488 g/mol. The molecule has 1 fully saturated rings. The van der Waals surface area contributed by atoms with E-state index in [1.54, 1.807) is 0 Å². The molecule has 0 bridgehead atoms. The Balaban J connectivity index is 2.03. The molecular weight excluding hydrogens is 460 g/mol. The second-order valence-corrected chi connectivity index (χ2v) is 9.24. The molecule has 26 heavy (non-hydrogen) atoms. The van der Waals surface area contributed by atoms with Crippen LogP contribution in [-0.2, 0) is 14.3 Å². The first kappa shape index (κ1) is 23.5. The van der Waals surface area contributed by atoms with E-state index in [0.29, 0.717) is 6.42 Å². The summed E-state index contributed by atoms with van der Waals surface area (Å²) in [7, 11) is 1.43. The zero-order valence-electron chi connectivity index (χ0n) is 15.6. The Labute approximate surface area is 175 Å². The molecule has 146 valence electrons. The molecule has 1 heterocycles. The van der Waals surface area contributed by atoms with Gasteiger partial charge in [-0.3, -0.25) is 4.79 Å². The minimum Gasteiger partial charge on any atom is -0.469 e. The van der Waals surface area contributed by atoms with Crippen molar-refractivity contribution in [2.24, 2.45) is 0 Å². The first-order valence-electron chi connectivity index (χ1n) is 9.51. The molecular formula is C21H30Br2O3. The van der Waals surface area contributed by atoms with Crippen molar-refractivity contribution in [3.8, 4) is 11.8 Å². The standard InChI is InChI=1S/C21H30Br2O3/c1-25-21(24)15-11-13-19-17-16-18(26-19)12-9-7-5-3-2-4-6-8-10-14-20(22)23/h5,7,14,18-19H,2-4,6,8,10-11,13,15-17H2,1H3. The van der Waals surface area contributed by atoms with Crippen molar-refractivity contribution in [1.29, 1.82) is 0 Å². The molecule has 2 unspecified atom stereocenters. The Morgan fingerprint density at radius 3 is 2.65 bits per heavy atom. The fraction of sp³-hybridized carbons (Fsp3) is 0.667. The van der Waals surface area contributed by atoms with Gasteiger partial charge in [-0.05, 0) is 89.3 Å². The molecule has 5 heteroatoms. The third-order valence-electron chi connectivity index (χ3n) is 4.31. The lowest BCUT2D eigenvalue weighted by molar-refractivity contribution is -0.140. The molecule has 0 aromatic rings. The van der Waals surface area contributed by atoms with Crippen molar-refractivity contribution in [3.05, 3.63) is 21.6 Å². The van der Waals surface area contributed by atoms with Crippen molar-refractivity contribution in [3.63, 3.8) is 0 Å². The Kier molecular flexibility index (Phi) is 14.0. The maximum absolute atomic E-state index is 11.1. The molecule has 2 atom stereocenters. The van der Waals surface area contributed by atoms with Crippen molar-refractivity contribution in [2.45, 2.75) is 82.8 Å². The Morgan fingerprint density at radius 2 is 1.92 bits per heavy atom. The zero-order valence-corrected chi connectivity index (χ0v) is 18.8. The van der Waals surface area contributed by atoms with E-state index in [4.69, 9.17) is 4.74 Å². The highest BCUT2D eigenvalue weighted by Gasteiger charge is 2.23. The molecule has 0 spiro atoms. The van der Waals surface area contributed by atoms with Crippen LogP contribution in [0, 0.1) is 11.8 Å². The number of halogens is 2. The minimum atomic E-state index is -0.145. The Hall–Kier alpha value is -0.570. The third-order valence-corrected chi connectivity index (χ3v) is 4.96. The SMILES string of the molecule is COC(=O)CCCC1CCC(C#CC=CCCCCCCC=C(Br)Br)O1. The van der Waals surface area contributed by atoms with Gasteiger partial charge in [0.15, 0.2) is 0 Å². The van der Waals surface area contributed by atoms with Gasteiger partial charge < -0.3 is 9.47 Å². The molecule has 3 nitrogen and oxygen atoms in total. The van der Waals surface area contributed by atoms with E-state index in [0.717, 1.165) is 41.9 Å². The van der Waals surface area contributed by atoms with E-state index < -0.39 is 0 Å². The van der Waals surface area contributed by atoms with Gasteiger partial charge >= 0.3 is 5.97 Å². The van der Waals surface area contributed by atoms with Crippen LogP contribution < -0.4 is 0 Å². The lowest BCUT2D eigenvalue weighted by atomic mass is 10.1. The van der Waals surface area contributed by atoms with E-state index in [9.17, 15) is 4.79 Å². The van der Waals surface area contributed by atoms with E-state index >= 15 is 0 Å². The van der Waals surface area contributed by atoms with Gasteiger partial charge in [0.1, 0.15) is 6.10 Å². The normalized spacial score (nSPS) is 19.2. The van der Waals surface area contributed by atoms with Gasteiger partial charge in [0, 0.05) is 6.42 Å². The maximum Gasteiger partial charge on any atom is 0.305 e. The van der Waals surface area contributed by atoms with Crippen LogP contribution in [0.3, 0.4) is 0 Å². The number of unbranched alkanes of at least 4 members (excludes halogenated alkanes) is 5. The van der Waals surface area contributed by atoms with E-state index in [1.807, 2.05) is 6.08 Å². The van der Waals surface area contributed by atoms with Crippen LogP contribution in [0.15, 0.2) is 21.6 Å². The van der Waals surface area contributed by atoms with E-state index in [1.165, 1.54) is 32.8 Å². The highest BCUT2D eigenvalue weighted by molar-refractivity contribution is 9.28. The van der Waals surface area contributed by atoms with Crippen molar-refractivity contribution in [1.82, 2.24) is 0 Å². The fourth-order valence-corrected chi connectivity index (χ4v) is 3.31. The maximum atomic E-state index is 11.1. The number of carbonyl (C=O) groups is 1. The molecule has 0 aromatic carbocycles. The van der Waals surface area contributed by atoms with Gasteiger partial charge in [0.25, 0.3) is 0 Å². The molecule has 1 rings (SSSR count). The van der Waals surface area contributed by atoms with E-state index in [-0.39, 0.29) is 18.2 Å². The smallest absolute Gasteiger partial charge is 0.305 e. The first-order valence-corrected chi connectivity index (χ1v) is 11.1. The van der Waals surface area contributed by atoms with Crippen LogP contribution in [0.25, 0.3) is 0 Å². The molecule has 0 radical (unpaired) electrons. The van der Waals surface area contributed by atoms with Crippen molar-refractivity contribution in [2.75, 3.05) is 7.11 Å². The molecule has 0 amide bonds. The van der Waals surface area contributed by atoms with Gasteiger partial charge in [-0.1, -0.05) is 36.8 Å². The van der Waals surface area contributed by atoms with Gasteiger partial charge in [-0.2, -0.15) is 0 Å². The number of ether oxygens (including phenoxy) is 2. The van der Waals surface area contributed by atoms with Crippen LogP contribution in [0.2, 0.25) is 0 Å². The molecule has 0 aliphatic carbocycles. The van der Waals surface area contributed by atoms with Crippen molar-refractivity contribution < 1.29 is 14.3 Å². The highest BCUT2D eigenvalue weighted by Crippen LogP contribution is 2.23. The lowest BCUT2D eigenvalue weighted by Gasteiger charge is -2.09. The Morgan fingerprint density at radius 1 is 1.15 bits per heavy atom. The summed E-state index contributed by atoms with van der Waals surface area (Å²) < 4.78 is 11.6. The summed E-state index contributed by atoms with van der Waals surface area (Å²) in [6.07, 6.45) is 18.0. The zero-order chi connectivity index (χ0) is 19.0. The molecule has 1 saturated heterocycles. The van der Waals surface area contributed by atoms with Crippen LogP contribution in [0.5, 0.6) is 0 Å². The Bertz CT molecular complexity index is 513. The summed E-state index contributed by atoms with van der Waals surface area (Å²) in [6, 6.07) is 0. The second kappa shape index (κ2) is 15.5. The average molecular weight is 490 g/mol. The predicted octanol–water partition coefficient (Wildman–Crippen LogP) is 6.41. The first-order chi connectivity index (χ1) is 12.6. The third kappa shape index (κ3) is 12.7. The largest absolute Gasteiger partial charge is 0.469 e. The number of allylic oxidation sites excluding steroid dienone is 3. The summed E-state index contributed by atoms with van der Waals surface area (Å²) in [5, 5.41) is 0. The van der Waals surface area contributed by atoms with Gasteiger partial charge in [0.05, 0.1) is 16.6 Å². The van der Waals surface area contributed by atoms with Crippen LogP contribution >= 0.6 is 31.9 Å². The summed E-state index contributed by atoms with van der Waals surface area (Å²) >= 11 is 6.74. The second-order valence-electron chi connectivity index (χ2n) is 6.47. The number of hydrogen-bond donors (Lipinski definition) is 0. The summed E-state index contributed by atoms with van der Waals surface area (Å²) in [5.41, 5.74) is 0. The molecule has 1 aliphatic rings. The molecule has 1 aliphatic heterocycles. The topological polar surface area (TPSA) is 35.5 Å². The molecule has 0 N–H and O–H groups in total. The van der Waals surface area contributed by atoms with Crippen LogP contribution in [0.1, 0.15) is 70.6 Å². The van der Waals surface area contributed by atoms with E-state index in [2.05, 4.69) is 60.6 Å². The molecule has 0 saturated carbocycles. The van der Waals surface area contributed by atoms with Crippen LogP contribution in [-0.4, -0.2) is 25.3 Å². The number of methoxy groups -OCH3 is 1. The van der Waals surface area contributed by atoms with Crippen LogP contribution in [0.4, 0.5) is 0 Å². The minimum absolute atomic E-state index is 0.0459. The number of esters is 1. The van der Waals surface area contributed by atoms with Gasteiger partial charge in [-0.15, -0.1) is 0 Å². The predicted molar refractivity (Wildman–Crippen MR) is 114 cm³/mol. The quantitative estimate of drug-likeness (QED) is 0.191. The van der Waals surface area contributed by atoms with Gasteiger partial charge in [-0.25, -0.2) is 0 Å². The number of hydrogen-bond acceptors (Lipinski definition) is 3. The number of rotatable bonds is 11. The molecule has 0 aromatic heterocycles.